The normalized spacial score (nSPS) is 10.2. The van der Waals surface area contributed by atoms with Crippen molar-refractivity contribution in [2.75, 3.05) is 0 Å². The number of hydrogen-bond acceptors (Lipinski definition) is 2. The van der Waals surface area contributed by atoms with Gasteiger partial charge in [-0.3, -0.25) is 5.10 Å². The molecule has 0 saturated heterocycles. The fraction of sp³-hybridized carbons (Fsp3) is 0.100. The highest BCUT2D eigenvalue weighted by Crippen LogP contribution is 2.15. The van der Waals surface area contributed by atoms with Crippen LogP contribution in [0, 0.1) is 6.20 Å². The van der Waals surface area contributed by atoms with E-state index in [0.29, 0.717) is 12.1 Å². The number of rotatable bonds is 2. The highest BCUT2D eigenvalue weighted by Gasteiger charge is 2.03. The van der Waals surface area contributed by atoms with Gasteiger partial charge in [-0.05, 0) is 5.56 Å². The van der Waals surface area contributed by atoms with Gasteiger partial charge in [-0.1, -0.05) is 30.3 Å². The smallest absolute Gasteiger partial charge is 0.166 e. The van der Waals surface area contributed by atoms with Crippen molar-refractivity contribution in [3.05, 3.63) is 47.8 Å². The first-order chi connectivity index (χ1) is 6.36. The van der Waals surface area contributed by atoms with Crippen LogP contribution in [0.3, 0.4) is 0 Å². The lowest BCUT2D eigenvalue weighted by Gasteiger charge is -1.97. The number of nitrogens with one attached hydrogen (secondary N) is 1. The van der Waals surface area contributed by atoms with Gasteiger partial charge in [-0.15, -0.1) is 0 Å². The van der Waals surface area contributed by atoms with E-state index in [2.05, 4.69) is 16.4 Å². The molecule has 0 atom stereocenters. The van der Waals surface area contributed by atoms with Crippen LogP contribution in [0.15, 0.2) is 30.3 Å². The number of aromatic amines is 1. The Labute approximate surface area is 76.0 Å². The Kier molecular flexibility index (Phi) is 2.00. The van der Waals surface area contributed by atoms with Crippen molar-refractivity contribution in [2.45, 2.75) is 6.42 Å². The van der Waals surface area contributed by atoms with E-state index in [4.69, 9.17) is 0 Å². The maximum atomic E-state index is 9.26. The molecule has 0 fully saturated rings. The summed E-state index contributed by atoms with van der Waals surface area (Å²) in [7, 11) is 0. The van der Waals surface area contributed by atoms with E-state index in [1.54, 1.807) is 0 Å². The largest absolute Gasteiger partial charge is 0.504 e. The summed E-state index contributed by atoms with van der Waals surface area (Å²) in [5.41, 5.74) is 1.83. The average molecular weight is 173 g/mol. The minimum absolute atomic E-state index is 0.101. The van der Waals surface area contributed by atoms with E-state index in [1.807, 2.05) is 30.3 Å². The highest BCUT2D eigenvalue weighted by atomic mass is 16.3. The standard InChI is InChI=1S/C10H9N2O/c13-10-7-11-12-9(10)6-8-4-2-1-3-5-8/h1-5,13H,6H2,(H,11,12). The van der Waals surface area contributed by atoms with Crippen LogP contribution < -0.4 is 0 Å². The Balaban J connectivity index is 2.20. The van der Waals surface area contributed by atoms with Gasteiger partial charge in [0.2, 0.25) is 0 Å². The third kappa shape index (κ3) is 1.69. The van der Waals surface area contributed by atoms with Crippen molar-refractivity contribution < 1.29 is 5.11 Å². The van der Waals surface area contributed by atoms with Crippen LogP contribution in [-0.2, 0) is 6.42 Å². The van der Waals surface area contributed by atoms with Crippen LogP contribution >= 0.6 is 0 Å². The third-order valence-corrected chi connectivity index (χ3v) is 1.86. The predicted octanol–water partition coefficient (Wildman–Crippen LogP) is 1.51. The first kappa shape index (κ1) is 7.86. The Hall–Kier alpha value is -1.77. The van der Waals surface area contributed by atoms with Crippen LogP contribution in [0.1, 0.15) is 11.3 Å². The van der Waals surface area contributed by atoms with Gasteiger partial charge in [-0.2, -0.15) is 5.10 Å². The van der Waals surface area contributed by atoms with Crippen molar-refractivity contribution in [3.8, 4) is 5.75 Å². The predicted molar refractivity (Wildman–Crippen MR) is 48.3 cm³/mol. The molecule has 0 unspecified atom stereocenters. The Morgan fingerprint density at radius 1 is 1.31 bits per heavy atom. The highest BCUT2D eigenvalue weighted by molar-refractivity contribution is 5.28. The lowest BCUT2D eigenvalue weighted by molar-refractivity contribution is 0.468. The van der Waals surface area contributed by atoms with Crippen LogP contribution in [-0.4, -0.2) is 15.3 Å². The fourth-order valence-electron chi connectivity index (χ4n) is 1.19. The number of aromatic nitrogens is 2. The SMILES string of the molecule is Oc1[c]n[nH]c1Cc1ccccc1. The minimum atomic E-state index is 0.101. The summed E-state index contributed by atoms with van der Waals surface area (Å²) in [4.78, 5) is 0. The van der Waals surface area contributed by atoms with E-state index in [1.165, 1.54) is 0 Å². The minimum Gasteiger partial charge on any atom is -0.504 e. The van der Waals surface area contributed by atoms with Gasteiger partial charge in [0.15, 0.2) is 11.9 Å². The Morgan fingerprint density at radius 3 is 2.69 bits per heavy atom. The molecule has 2 aromatic rings. The number of benzene rings is 1. The molecule has 1 aromatic heterocycles. The Bertz CT molecular complexity index is 381. The van der Waals surface area contributed by atoms with Crippen LogP contribution in [0.25, 0.3) is 0 Å². The van der Waals surface area contributed by atoms with E-state index in [0.717, 1.165) is 5.56 Å². The van der Waals surface area contributed by atoms with Gasteiger partial charge in [0.1, 0.15) is 0 Å². The molecular weight excluding hydrogens is 164 g/mol. The van der Waals surface area contributed by atoms with Crippen molar-refractivity contribution in [2.24, 2.45) is 0 Å². The summed E-state index contributed by atoms with van der Waals surface area (Å²) < 4.78 is 0. The van der Waals surface area contributed by atoms with Crippen molar-refractivity contribution in [3.63, 3.8) is 0 Å². The zero-order chi connectivity index (χ0) is 9.10. The van der Waals surface area contributed by atoms with Crippen molar-refractivity contribution >= 4 is 0 Å². The molecule has 3 nitrogen and oxygen atoms in total. The molecule has 65 valence electrons. The summed E-state index contributed by atoms with van der Waals surface area (Å²) in [6, 6.07) is 9.89. The second-order valence-electron chi connectivity index (χ2n) is 2.82. The molecule has 0 bridgehead atoms. The molecule has 13 heavy (non-hydrogen) atoms. The van der Waals surface area contributed by atoms with E-state index < -0.39 is 0 Å². The third-order valence-electron chi connectivity index (χ3n) is 1.86. The van der Waals surface area contributed by atoms with Crippen molar-refractivity contribution in [1.29, 1.82) is 0 Å². The number of aromatic hydroxyl groups is 1. The van der Waals surface area contributed by atoms with E-state index >= 15 is 0 Å². The molecule has 3 heteroatoms. The molecule has 0 aliphatic rings. The quantitative estimate of drug-likeness (QED) is 0.723. The molecule has 0 aliphatic carbocycles. The van der Waals surface area contributed by atoms with Gasteiger partial charge in [0, 0.05) is 6.42 Å². The molecule has 0 spiro atoms. The number of H-pyrrole nitrogens is 1. The number of nitrogens with zero attached hydrogens (tertiary/aromatic N) is 1. The summed E-state index contributed by atoms with van der Waals surface area (Å²) in [6.07, 6.45) is 3.09. The van der Waals surface area contributed by atoms with Gasteiger partial charge in [-0.25, -0.2) is 0 Å². The first-order valence-electron chi connectivity index (χ1n) is 4.04. The molecule has 1 aromatic carbocycles. The summed E-state index contributed by atoms with van der Waals surface area (Å²) in [5, 5.41) is 15.6. The Morgan fingerprint density at radius 2 is 2.08 bits per heavy atom. The van der Waals surface area contributed by atoms with Gasteiger partial charge < -0.3 is 5.11 Å². The molecule has 2 N–H and O–H groups in total. The summed E-state index contributed by atoms with van der Waals surface area (Å²) >= 11 is 0. The van der Waals surface area contributed by atoms with E-state index in [9.17, 15) is 5.11 Å². The van der Waals surface area contributed by atoms with Crippen molar-refractivity contribution in [1.82, 2.24) is 10.2 Å². The second-order valence-corrected chi connectivity index (χ2v) is 2.82. The topological polar surface area (TPSA) is 48.9 Å². The molecule has 0 saturated carbocycles. The molecular formula is C10H9N2O. The molecule has 0 aliphatic heterocycles. The van der Waals surface area contributed by atoms with Crippen LogP contribution in [0.5, 0.6) is 5.75 Å². The van der Waals surface area contributed by atoms with Crippen LogP contribution in [0.2, 0.25) is 0 Å². The van der Waals surface area contributed by atoms with Gasteiger partial charge >= 0.3 is 0 Å². The number of hydrogen-bond donors (Lipinski definition) is 2. The second kappa shape index (κ2) is 3.31. The molecule has 2 rings (SSSR count). The molecule has 1 radical (unpaired) electrons. The lowest BCUT2D eigenvalue weighted by atomic mass is 10.1. The zero-order valence-electron chi connectivity index (χ0n) is 6.99. The average Bonchev–Trinajstić information content (AvgIpc) is 2.54. The summed E-state index contributed by atoms with van der Waals surface area (Å²) in [6.45, 7) is 0. The van der Waals surface area contributed by atoms with Gasteiger partial charge in [0.25, 0.3) is 0 Å². The monoisotopic (exact) mass is 173 g/mol. The molecule has 0 amide bonds. The maximum Gasteiger partial charge on any atom is 0.166 e. The fourth-order valence-corrected chi connectivity index (χ4v) is 1.19. The first-order valence-corrected chi connectivity index (χ1v) is 4.04. The van der Waals surface area contributed by atoms with E-state index in [-0.39, 0.29) is 5.75 Å². The van der Waals surface area contributed by atoms with Crippen LogP contribution in [0.4, 0.5) is 0 Å². The summed E-state index contributed by atoms with van der Waals surface area (Å²) in [5.74, 6) is 0.101. The lowest BCUT2D eigenvalue weighted by Crippen LogP contribution is -1.88. The zero-order valence-corrected chi connectivity index (χ0v) is 6.99. The molecule has 1 heterocycles. The van der Waals surface area contributed by atoms with Gasteiger partial charge in [0.05, 0.1) is 5.69 Å². The maximum absolute atomic E-state index is 9.26.